The molecule has 1 aliphatic carbocycles. The zero-order chi connectivity index (χ0) is 14.3. The van der Waals surface area contributed by atoms with Gasteiger partial charge < -0.3 is 9.47 Å². The highest BCUT2D eigenvalue weighted by Crippen LogP contribution is 2.48. The number of Topliss-reactive ketones (excluding diaryl/α,β-unsaturated/α-hetero) is 1. The topological polar surface area (TPSA) is 38.8 Å². The molecule has 0 radical (unpaired) electrons. The van der Waals surface area contributed by atoms with Crippen LogP contribution >= 0.6 is 0 Å². The molecule has 2 aliphatic rings. The Bertz CT molecular complexity index is 394. The maximum absolute atomic E-state index is 12.0. The van der Waals surface area contributed by atoms with E-state index < -0.39 is 0 Å². The molecule has 1 fully saturated rings. The van der Waals surface area contributed by atoms with Gasteiger partial charge in [-0.15, -0.1) is 0 Å². The van der Waals surface area contributed by atoms with Crippen molar-refractivity contribution in [3.8, 4) is 0 Å². The zero-order valence-corrected chi connectivity index (χ0v) is 12.8. The molecule has 0 saturated carbocycles. The Morgan fingerprint density at radius 1 is 1.58 bits per heavy atom. The summed E-state index contributed by atoms with van der Waals surface area (Å²) in [5.74, 6) is 0.993. The molecule has 2 rings (SSSR count). The van der Waals surface area contributed by atoms with E-state index in [1.165, 1.54) is 0 Å². The van der Waals surface area contributed by atoms with E-state index in [9.17, 15) is 4.79 Å². The van der Waals surface area contributed by atoms with Crippen LogP contribution in [0, 0.1) is 11.8 Å². The highest BCUT2D eigenvalue weighted by Gasteiger charge is 2.58. The largest absolute Gasteiger partial charge is 0.375 e. The molecule has 19 heavy (non-hydrogen) atoms. The average molecular weight is 264 g/mol. The van der Waals surface area contributed by atoms with Gasteiger partial charge in [-0.05, 0) is 31.7 Å². The Balaban J connectivity index is 2.06. The second kappa shape index (κ2) is 5.06. The monoisotopic (exact) mass is 264 g/mol. The van der Waals surface area contributed by atoms with Crippen LogP contribution in [-0.2, 0) is 14.3 Å². The fraction of sp³-hybridized carbons (Fsp3) is 0.800. The normalized spacial score (nSPS) is 30.9. The predicted octanol–water partition coefficient (Wildman–Crippen LogP) is 1.70. The maximum Gasteiger partial charge on any atom is 0.149 e. The van der Waals surface area contributed by atoms with Crippen molar-refractivity contribution in [3.63, 3.8) is 0 Å². The molecule has 2 atom stereocenters. The zero-order valence-electron chi connectivity index (χ0n) is 12.8. The van der Waals surface area contributed by atoms with E-state index in [0.29, 0.717) is 12.3 Å². The van der Waals surface area contributed by atoms with E-state index in [2.05, 4.69) is 27.7 Å². The lowest BCUT2D eigenvalue weighted by molar-refractivity contribution is -0.124. The fourth-order valence-electron chi connectivity index (χ4n) is 2.93. The van der Waals surface area contributed by atoms with Gasteiger partial charge in [0.2, 0.25) is 0 Å². The molecule has 0 amide bonds. The molecule has 0 aromatic carbocycles. The number of rotatable bonds is 5. The average Bonchev–Trinajstić information content (AvgIpc) is 3.03. The van der Waals surface area contributed by atoms with Crippen LogP contribution in [0.4, 0.5) is 0 Å². The number of allylic oxidation sites excluding steroid dienone is 1. The standard InChI is InChI=1S/C15H25BO3/c1-10(2)5-6-18-14(3,4)13-7-12(17)11(16)8-15(13)9-19-15/h8,10,13H,5-7,9,16H2,1-4H3/t13?,15-/m0/s1. The van der Waals surface area contributed by atoms with Gasteiger partial charge in [-0.25, -0.2) is 0 Å². The van der Waals surface area contributed by atoms with Crippen LogP contribution in [0.1, 0.15) is 40.5 Å². The molecule has 1 spiro atoms. The second-order valence-electron chi connectivity index (χ2n) is 6.89. The Labute approximate surface area is 117 Å². The molecule has 1 unspecified atom stereocenters. The van der Waals surface area contributed by atoms with Crippen LogP contribution in [0.15, 0.2) is 11.5 Å². The number of epoxide rings is 1. The lowest BCUT2D eigenvalue weighted by Gasteiger charge is -2.39. The van der Waals surface area contributed by atoms with E-state index in [1.54, 1.807) is 0 Å². The molecular weight excluding hydrogens is 239 g/mol. The van der Waals surface area contributed by atoms with Gasteiger partial charge in [0.15, 0.2) is 0 Å². The summed E-state index contributed by atoms with van der Waals surface area (Å²) in [5.41, 5.74) is 0.282. The first-order valence-electron chi connectivity index (χ1n) is 7.27. The Kier molecular flexibility index (Phi) is 3.94. The summed E-state index contributed by atoms with van der Waals surface area (Å²) in [6, 6.07) is 0. The molecule has 1 aliphatic heterocycles. The number of hydrogen-bond donors (Lipinski definition) is 0. The van der Waals surface area contributed by atoms with Gasteiger partial charge >= 0.3 is 0 Å². The maximum atomic E-state index is 12.0. The SMILES string of the molecule is BC1=C[C@]2(CO2)C(C(C)(C)OCCC(C)C)CC1=O. The van der Waals surface area contributed by atoms with E-state index in [0.717, 1.165) is 25.1 Å². The number of hydrogen-bond acceptors (Lipinski definition) is 3. The van der Waals surface area contributed by atoms with Gasteiger partial charge in [0, 0.05) is 18.9 Å². The molecule has 0 N–H and O–H groups in total. The molecule has 0 aromatic heterocycles. The minimum atomic E-state index is -0.321. The van der Waals surface area contributed by atoms with Crippen molar-refractivity contribution in [2.45, 2.75) is 51.7 Å². The molecule has 0 aromatic rings. The van der Waals surface area contributed by atoms with Gasteiger partial charge in [-0.3, -0.25) is 4.79 Å². The van der Waals surface area contributed by atoms with E-state index in [-0.39, 0.29) is 22.9 Å². The predicted molar refractivity (Wildman–Crippen MR) is 77.9 cm³/mol. The van der Waals surface area contributed by atoms with Gasteiger partial charge in [0.1, 0.15) is 19.2 Å². The summed E-state index contributed by atoms with van der Waals surface area (Å²) in [5, 5.41) is 0. The smallest absolute Gasteiger partial charge is 0.149 e. The van der Waals surface area contributed by atoms with Gasteiger partial charge in [-0.2, -0.15) is 0 Å². The third-order valence-electron chi connectivity index (χ3n) is 4.37. The number of carbonyl (C=O) groups is 1. The minimum Gasteiger partial charge on any atom is -0.375 e. The summed E-state index contributed by atoms with van der Waals surface area (Å²) in [4.78, 5) is 12.0. The highest BCUT2D eigenvalue weighted by atomic mass is 16.6. The molecule has 106 valence electrons. The summed E-state index contributed by atoms with van der Waals surface area (Å²) in [6.07, 6.45) is 3.60. The van der Waals surface area contributed by atoms with Crippen molar-refractivity contribution in [2.24, 2.45) is 11.8 Å². The molecule has 1 saturated heterocycles. The Morgan fingerprint density at radius 3 is 2.74 bits per heavy atom. The summed E-state index contributed by atoms with van der Waals surface area (Å²) >= 11 is 0. The van der Waals surface area contributed by atoms with Gasteiger partial charge in [0.25, 0.3) is 0 Å². The van der Waals surface area contributed by atoms with Crippen molar-refractivity contribution >= 4 is 13.6 Å². The first-order chi connectivity index (χ1) is 8.77. The van der Waals surface area contributed by atoms with Crippen molar-refractivity contribution < 1.29 is 14.3 Å². The lowest BCUT2D eigenvalue weighted by atomic mass is 9.68. The molecule has 1 heterocycles. The highest BCUT2D eigenvalue weighted by molar-refractivity contribution is 6.37. The van der Waals surface area contributed by atoms with Crippen molar-refractivity contribution in [2.75, 3.05) is 13.2 Å². The fourth-order valence-corrected chi connectivity index (χ4v) is 2.93. The minimum absolute atomic E-state index is 0.128. The van der Waals surface area contributed by atoms with E-state index >= 15 is 0 Å². The first kappa shape index (κ1) is 14.8. The second-order valence-corrected chi connectivity index (χ2v) is 6.89. The molecule has 3 nitrogen and oxygen atoms in total. The van der Waals surface area contributed by atoms with Crippen LogP contribution in [-0.4, -0.2) is 38.0 Å². The van der Waals surface area contributed by atoms with Crippen LogP contribution in [0.2, 0.25) is 0 Å². The van der Waals surface area contributed by atoms with Gasteiger partial charge in [-0.1, -0.05) is 19.9 Å². The van der Waals surface area contributed by atoms with E-state index in [1.807, 2.05) is 13.9 Å². The quantitative estimate of drug-likeness (QED) is 0.560. The van der Waals surface area contributed by atoms with Crippen LogP contribution in [0.25, 0.3) is 0 Å². The Hall–Kier alpha value is -0.605. The first-order valence-corrected chi connectivity index (χ1v) is 7.27. The van der Waals surface area contributed by atoms with Crippen LogP contribution < -0.4 is 0 Å². The summed E-state index contributed by atoms with van der Waals surface area (Å²) in [6.45, 7) is 10.0. The van der Waals surface area contributed by atoms with Crippen LogP contribution in [0.3, 0.4) is 0 Å². The van der Waals surface area contributed by atoms with Gasteiger partial charge in [0.05, 0.1) is 12.2 Å². The number of ketones is 1. The van der Waals surface area contributed by atoms with E-state index in [4.69, 9.17) is 9.47 Å². The summed E-state index contributed by atoms with van der Waals surface area (Å²) in [7, 11) is 1.88. The van der Waals surface area contributed by atoms with Crippen molar-refractivity contribution in [1.82, 2.24) is 0 Å². The third kappa shape index (κ3) is 3.11. The van der Waals surface area contributed by atoms with Crippen molar-refractivity contribution in [3.05, 3.63) is 11.5 Å². The van der Waals surface area contributed by atoms with Crippen LogP contribution in [0.5, 0.6) is 0 Å². The molecular formula is C15H25BO3. The third-order valence-corrected chi connectivity index (χ3v) is 4.37. The molecule has 4 heteroatoms. The lowest BCUT2D eigenvalue weighted by Crippen LogP contribution is -2.47. The number of ether oxygens (including phenoxy) is 2. The molecule has 0 bridgehead atoms. The summed E-state index contributed by atoms with van der Waals surface area (Å²) < 4.78 is 11.8. The Morgan fingerprint density at radius 2 is 2.21 bits per heavy atom. The number of carbonyl (C=O) groups excluding carboxylic acids is 1. The van der Waals surface area contributed by atoms with Crippen molar-refractivity contribution in [1.29, 1.82) is 0 Å².